The second kappa shape index (κ2) is 5.93. The molecule has 104 valence electrons. The van der Waals surface area contributed by atoms with E-state index in [1.54, 1.807) is 19.2 Å². The molecule has 0 saturated carbocycles. The largest absolute Gasteiger partial charge is 0.508 e. The molecule has 1 aliphatic heterocycles. The number of nitrogens with zero attached hydrogens (tertiary/aromatic N) is 1. The Hall–Kier alpha value is -1.75. The lowest BCUT2D eigenvalue weighted by molar-refractivity contribution is -0.914. The predicted octanol–water partition coefficient (Wildman–Crippen LogP) is -0.768. The first-order chi connectivity index (χ1) is 9.11. The molecule has 0 spiro atoms. The van der Waals surface area contributed by atoms with Crippen LogP contribution in [0, 0.1) is 0 Å². The van der Waals surface area contributed by atoms with Crippen molar-refractivity contribution in [3.8, 4) is 5.75 Å². The van der Waals surface area contributed by atoms with E-state index in [0.717, 1.165) is 31.9 Å². The summed E-state index contributed by atoms with van der Waals surface area (Å²) in [4.78, 5) is 15.2. The van der Waals surface area contributed by atoms with Gasteiger partial charge in [-0.1, -0.05) is 0 Å². The third-order valence-corrected chi connectivity index (χ3v) is 3.87. The molecule has 1 atom stereocenters. The van der Waals surface area contributed by atoms with Crippen LogP contribution in [0.4, 0.5) is 5.69 Å². The highest BCUT2D eigenvalue weighted by atomic mass is 16.3. The Bertz CT molecular complexity index is 425. The summed E-state index contributed by atoms with van der Waals surface area (Å²) in [6.07, 6.45) is 0. The molecule has 2 rings (SSSR count). The second-order valence-corrected chi connectivity index (χ2v) is 5.00. The molecule has 1 aliphatic rings. The first kappa shape index (κ1) is 13.7. The summed E-state index contributed by atoms with van der Waals surface area (Å²) in [7, 11) is 1.69. The van der Waals surface area contributed by atoms with Crippen molar-refractivity contribution in [2.75, 3.05) is 38.1 Å². The summed E-state index contributed by atoms with van der Waals surface area (Å²) < 4.78 is 0. The maximum absolute atomic E-state index is 11.6. The second-order valence-electron chi connectivity index (χ2n) is 5.00. The summed E-state index contributed by atoms with van der Waals surface area (Å²) in [5.41, 5.74) is 1.13. The average Bonchev–Trinajstić information content (AvgIpc) is 2.46. The Labute approximate surface area is 113 Å². The number of hydrogen-bond acceptors (Lipinski definition) is 3. The third-order valence-electron chi connectivity index (χ3n) is 3.87. The number of quaternary nitrogens is 1. The molecule has 0 aliphatic carbocycles. The van der Waals surface area contributed by atoms with Crippen LogP contribution in [0.5, 0.6) is 5.75 Å². The number of aromatic hydroxyl groups is 1. The molecule has 1 amide bonds. The molecule has 1 aromatic carbocycles. The van der Waals surface area contributed by atoms with E-state index in [-0.39, 0.29) is 11.9 Å². The lowest BCUT2D eigenvalue weighted by Gasteiger charge is -2.35. The van der Waals surface area contributed by atoms with Crippen molar-refractivity contribution in [2.45, 2.75) is 13.0 Å². The number of nitrogens with one attached hydrogen (secondary N) is 2. The molecular weight excluding hydrogens is 242 g/mol. The minimum absolute atomic E-state index is 0.00645. The summed E-state index contributed by atoms with van der Waals surface area (Å²) in [5.74, 6) is 0.398. The molecule has 1 aromatic rings. The molecular formula is C14H22N3O2+. The Morgan fingerprint density at radius 3 is 2.42 bits per heavy atom. The Kier molecular flexibility index (Phi) is 4.27. The van der Waals surface area contributed by atoms with Gasteiger partial charge in [-0.3, -0.25) is 4.79 Å². The highest BCUT2D eigenvalue weighted by Crippen LogP contribution is 2.18. The van der Waals surface area contributed by atoms with E-state index >= 15 is 0 Å². The van der Waals surface area contributed by atoms with E-state index < -0.39 is 0 Å². The van der Waals surface area contributed by atoms with Gasteiger partial charge in [-0.05, 0) is 31.2 Å². The molecule has 0 aromatic heterocycles. The fourth-order valence-corrected chi connectivity index (χ4v) is 2.55. The van der Waals surface area contributed by atoms with Gasteiger partial charge in [0.25, 0.3) is 5.91 Å². The predicted molar refractivity (Wildman–Crippen MR) is 74.5 cm³/mol. The molecule has 5 heteroatoms. The van der Waals surface area contributed by atoms with Crippen molar-refractivity contribution in [3.63, 3.8) is 0 Å². The minimum Gasteiger partial charge on any atom is -0.508 e. The Morgan fingerprint density at radius 1 is 1.32 bits per heavy atom. The number of amides is 1. The van der Waals surface area contributed by atoms with Crippen molar-refractivity contribution in [3.05, 3.63) is 24.3 Å². The number of phenols is 1. The van der Waals surface area contributed by atoms with E-state index in [1.165, 1.54) is 4.90 Å². The van der Waals surface area contributed by atoms with Gasteiger partial charge in [-0.25, -0.2) is 0 Å². The van der Waals surface area contributed by atoms with Crippen LogP contribution in [0.25, 0.3) is 0 Å². The fourth-order valence-electron chi connectivity index (χ4n) is 2.55. The molecule has 0 radical (unpaired) electrons. The number of carbonyl (C=O) groups excluding carboxylic acids is 1. The number of benzene rings is 1. The number of anilines is 1. The molecule has 1 fully saturated rings. The third kappa shape index (κ3) is 3.17. The van der Waals surface area contributed by atoms with Gasteiger partial charge in [-0.15, -0.1) is 0 Å². The van der Waals surface area contributed by atoms with Crippen LogP contribution >= 0.6 is 0 Å². The molecule has 3 N–H and O–H groups in total. The monoisotopic (exact) mass is 264 g/mol. The fraction of sp³-hybridized carbons (Fsp3) is 0.500. The summed E-state index contributed by atoms with van der Waals surface area (Å²) in [6, 6.07) is 7.29. The molecule has 0 unspecified atom stereocenters. The minimum atomic E-state index is 0.00645. The van der Waals surface area contributed by atoms with E-state index in [9.17, 15) is 9.90 Å². The number of carbonyl (C=O) groups is 1. The lowest BCUT2D eigenvalue weighted by atomic mass is 10.2. The molecule has 5 nitrogen and oxygen atoms in total. The average molecular weight is 264 g/mol. The SMILES string of the molecule is CNC(=O)[C@@H](C)[NH+]1CCN(c2ccc(O)cc2)CC1. The first-order valence-electron chi connectivity index (χ1n) is 6.72. The van der Waals surface area contributed by atoms with Crippen LogP contribution in [0.2, 0.25) is 0 Å². The smallest absolute Gasteiger partial charge is 0.277 e. The zero-order valence-electron chi connectivity index (χ0n) is 11.5. The Morgan fingerprint density at radius 2 is 1.89 bits per heavy atom. The van der Waals surface area contributed by atoms with Gasteiger partial charge >= 0.3 is 0 Å². The van der Waals surface area contributed by atoms with Crippen molar-refractivity contribution in [2.24, 2.45) is 0 Å². The topological polar surface area (TPSA) is 57.0 Å². The highest BCUT2D eigenvalue weighted by Gasteiger charge is 2.28. The van der Waals surface area contributed by atoms with Crippen molar-refractivity contribution in [1.82, 2.24) is 5.32 Å². The van der Waals surface area contributed by atoms with Crippen LogP contribution in [0.3, 0.4) is 0 Å². The normalized spacial score (nSPS) is 18.1. The van der Waals surface area contributed by atoms with E-state index in [2.05, 4.69) is 10.2 Å². The van der Waals surface area contributed by atoms with Crippen LogP contribution in [0.15, 0.2) is 24.3 Å². The number of hydrogen-bond donors (Lipinski definition) is 3. The lowest BCUT2D eigenvalue weighted by Crippen LogP contribution is -3.19. The number of rotatable bonds is 3. The molecule has 0 bridgehead atoms. The van der Waals surface area contributed by atoms with Crippen LogP contribution < -0.4 is 15.1 Å². The summed E-state index contributed by atoms with van der Waals surface area (Å²) in [5, 5.41) is 12.0. The van der Waals surface area contributed by atoms with Crippen LogP contribution in [-0.2, 0) is 4.79 Å². The summed E-state index contributed by atoms with van der Waals surface area (Å²) in [6.45, 7) is 5.75. The van der Waals surface area contributed by atoms with Gasteiger partial charge in [0.2, 0.25) is 0 Å². The Balaban J connectivity index is 1.92. The number of phenolic OH excluding ortho intramolecular Hbond substituents is 1. The van der Waals surface area contributed by atoms with Crippen LogP contribution in [0.1, 0.15) is 6.92 Å². The van der Waals surface area contributed by atoms with E-state index in [1.807, 2.05) is 19.1 Å². The van der Waals surface area contributed by atoms with Gasteiger partial charge < -0.3 is 20.2 Å². The number of piperazine rings is 1. The van der Waals surface area contributed by atoms with Gasteiger partial charge in [0.05, 0.1) is 26.2 Å². The summed E-state index contributed by atoms with van der Waals surface area (Å²) >= 11 is 0. The van der Waals surface area contributed by atoms with Gasteiger partial charge in [0.1, 0.15) is 5.75 Å². The van der Waals surface area contributed by atoms with E-state index in [0.29, 0.717) is 5.75 Å². The molecule has 19 heavy (non-hydrogen) atoms. The molecule has 1 heterocycles. The first-order valence-corrected chi connectivity index (χ1v) is 6.72. The van der Waals surface area contributed by atoms with Gasteiger partial charge in [0, 0.05) is 12.7 Å². The number of likely N-dealkylation sites (N-methyl/N-ethyl adjacent to an activating group) is 1. The van der Waals surface area contributed by atoms with Gasteiger partial charge in [-0.2, -0.15) is 0 Å². The zero-order chi connectivity index (χ0) is 13.8. The van der Waals surface area contributed by atoms with Crippen molar-refractivity contribution in [1.29, 1.82) is 0 Å². The maximum Gasteiger partial charge on any atom is 0.277 e. The zero-order valence-corrected chi connectivity index (χ0v) is 11.5. The van der Waals surface area contributed by atoms with Crippen molar-refractivity contribution < 1.29 is 14.8 Å². The van der Waals surface area contributed by atoms with E-state index in [4.69, 9.17) is 0 Å². The van der Waals surface area contributed by atoms with Gasteiger partial charge in [0.15, 0.2) is 6.04 Å². The standard InChI is InChI=1S/C14H21N3O2/c1-11(14(19)15-2)16-7-9-17(10-8-16)12-3-5-13(18)6-4-12/h3-6,11,18H,7-10H2,1-2H3,(H,15,19)/p+1/t11-/m1/s1. The van der Waals surface area contributed by atoms with Crippen molar-refractivity contribution >= 4 is 11.6 Å². The highest BCUT2D eigenvalue weighted by molar-refractivity contribution is 5.79. The van der Waals surface area contributed by atoms with Crippen LogP contribution in [-0.4, -0.2) is 50.3 Å². The molecule has 1 saturated heterocycles. The maximum atomic E-state index is 11.6. The quantitative estimate of drug-likeness (QED) is 0.672.